The zero-order valence-electron chi connectivity index (χ0n) is 9.91. The van der Waals surface area contributed by atoms with Gasteiger partial charge in [0, 0.05) is 6.54 Å². The lowest BCUT2D eigenvalue weighted by atomic mass is 10.2. The van der Waals surface area contributed by atoms with Gasteiger partial charge in [-0.25, -0.2) is 4.39 Å². The van der Waals surface area contributed by atoms with E-state index in [1.54, 1.807) is 30.3 Å². The van der Waals surface area contributed by atoms with Crippen molar-refractivity contribution in [2.75, 3.05) is 7.05 Å². The highest BCUT2D eigenvalue weighted by atomic mass is 35.5. The van der Waals surface area contributed by atoms with E-state index in [0.29, 0.717) is 10.8 Å². The summed E-state index contributed by atoms with van der Waals surface area (Å²) in [7, 11) is 1.86. The number of nitrogens with one attached hydrogen (secondary N) is 1. The Bertz CT molecular complexity index is 545. The van der Waals surface area contributed by atoms with E-state index in [9.17, 15) is 4.39 Å². The lowest BCUT2D eigenvalue weighted by Crippen LogP contribution is -2.04. The molecule has 2 nitrogen and oxygen atoms in total. The van der Waals surface area contributed by atoms with Crippen LogP contribution in [0.15, 0.2) is 42.5 Å². The van der Waals surface area contributed by atoms with Crippen LogP contribution in [0.1, 0.15) is 5.56 Å². The summed E-state index contributed by atoms with van der Waals surface area (Å²) in [5.74, 6) is 0.204. The molecule has 0 bridgehead atoms. The molecule has 18 heavy (non-hydrogen) atoms. The molecule has 2 rings (SSSR count). The predicted octanol–water partition coefficient (Wildman–Crippen LogP) is 3.99. The van der Waals surface area contributed by atoms with E-state index < -0.39 is 5.82 Å². The SMILES string of the molecule is CNCc1ccc(Oc2ccccc2F)c(Cl)c1. The number of hydrogen-bond acceptors (Lipinski definition) is 2. The lowest BCUT2D eigenvalue weighted by molar-refractivity contribution is 0.442. The van der Waals surface area contributed by atoms with Gasteiger partial charge in [0.05, 0.1) is 5.02 Å². The first-order valence-corrected chi connectivity index (χ1v) is 5.94. The van der Waals surface area contributed by atoms with Gasteiger partial charge in [-0.3, -0.25) is 0 Å². The normalized spacial score (nSPS) is 10.4. The zero-order valence-corrected chi connectivity index (χ0v) is 10.7. The Labute approximate surface area is 110 Å². The molecule has 0 aliphatic heterocycles. The van der Waals surface area contributed by atoms with Crippen LogP contribution < -0.4 is 10.1 Å². The summed E-state index contributed by atoms with van der Waals surface area (Å²) in [6.45, 7) is 0.722. The van der Waals surface area contributed by atoms with Gasteiger partial charge in [0.2, 0.25) is 0 Å². The smallest absolute Gasteiger partial charge is 0.165 e. The van der Waals surface area contributed by atoms with Crippen molar-refractivity contribution in [2.24, 2.45) is 0 Å². The molecule has 1 N–H and O–H groups in total. The Balaban J connectivity index is 2.22. The fraction of sp³-hybridized carbons (Fsp3) is 0.143. The molecule has 0 aliphatic rings. The van der Waals surface area contributed by atoms with Gasteiger partial charge in [0.15, 0.2) is 11.6 Å². The average molecular weight is 266 g/mol. The summed E-state index contributed by atoms with van der Waals surface area (Å²) < 4.78 is 18.9. The number of benzene rings is 2. The molecule has 0 unspecified atom stereocenters. The van der Waals surface area contributed by atoms with Crippen molar-refractivity contribution in [3.05, 3.63) is 58.9 Å². The van der Waals surface area contributed by atoms with Gasteiger partial charge in [-0.15, -0.1) is 0 Å². The summed E-state index contributed by atoms with van der Waals surface area (Å²) in [6, 6.07) is 11.7. The highest BCUT2D eigenvalue weighted by Crippen LogP contribution is 2.31. The molecule has 2 aromatic carbocycles. The third-order valence-corrected chi connectivity index (χ3v) is 2.73. The Hall–Kier alpha value is -1.58. The largest absolute Gasteiger partial charge is 0.453 e. The van der Waals surface area contributed by atoms with E-state index in [1.165, 1.54) is 6.07 Å². The Kier molecular flexibility index (Phi) is 4.18. The topological polar surface area (TPSA) is 21.3 Å². The monoisotopic (exact) mass is 265 g/mol. The van der Waals surface area contributed by atoms with Gasteiger partial charge in [0.1, 0.15) is 5.75 Å². The molecule has 0 spiro atoms. The van der Waals surface area contributed by atoms with E-state index >= 15 is 0 Å². The van der Waals surface area contributed by atoms with Crippen LogP contribution >= 0.6 is 11.6 Å². The number of halogens is 2. The van der Waals surface area contributed by atoms with E-state index in [1.807, 2.05) is 13.1 Å². The third-order valence-electron chi connectivity index (χ3n) is 2.43. The average Bonchev–Trinajstić information content (AvgIpc) is 2.35. The summed E-state index contributed by atoms with van der Waals surface area (Å²) in [6.07, 6.45) is 0. The molecule has 0 fully saturated rings. The molecule has 0 saturated carbocycles. The van der Waals surface area contributed by atoms with Crippen LogP contribution in [0.3, 0.4) is 0 Å². The van der Waals surface area contributed by atoms with Crippen molar-refractivity contribution in [1.82, 2.24) is 5.32 Å². The Morgan fingerprint density at radius 3 is 2.61 bits per heavy atom. The van der Waals surface area contributed by atoms with Crippen molar-refractivity contribution >= 4 is 11.6 Å². The summed E-state index contributed by atoms with van der Waals surface area (Å²) >= 11 is 6.09. The molecule has 0 saturated heterocycles. The first kappa shape index (κ1) is 12.9. The second-order valence-corrected chi connectivity index (χ2v) is 4.23. The first-order chi connectivity index (χ1) is 8.70. The third kappa shape index (κ3) is 3.00. The Morgan fingerprint density at radius 1 is 1.17 bits per heavy atom. The second-order valence-electron chi connectivity index (χ2n) is 3.83. The van der Waals surface area contributed by atoms with Crippen LogP contribution in [0.2, 0.25) is 5.02 Å². The molecule has 0 radical (unpaired) electrons. The maximum Gasteiger partial charge on any atom is 0.165 e. The first-order valence-electron chi connectivity index (χ1n) is 5.56. The van der Waals surface area contributed by atoms with Crippen molar-refractivity contribution < 1.29 is 9.13 Å². The molecule has 0 aliphatic carbocycles. The van der Waals surface area contributed by atoms with Crippen LogP contribution in [-0.4, -0.2) is 7.05 Å². The zero-order chi connectivity index (χ0) is 13.0. The number of para-hydroxylation sites is 1. The molecule has 94 valence electrons. The quantitative estimate of drug-likeness (QED) is 0.902. The van der Waals surface area contributed by atoms with E-state index in [0.717, 1.165) is 12.1 Å². The van der Waals surface area contributed by atoms with Crippen LogP contribution in [0.5, 0.6) is 11.5 Å². The predicted molar refractivity (Wildman–Crippen MR) is 70.7 cm³/mol. The maximum atomic E-state index is 13.4. The van der Waals surface area contributed by atoms with Crippen molar-refractivity contribution in [3.63, 3.8) is 0 Å². The summed E-state index contributed by atoms with van der Waals surface area (Å²) in [5, 5.41) is 3.49. The van der Waals surface area contributed by atoms with Crippen molar-refractivity contribution in [1.29, 1.82) is 0 Å². The Morgan fingerprint density at radius 2 is 1.94 bits per heavy atom. The molecular weight excluding hydrogens is 253 g/mol. The second kappa shape index (κ2) is 5.85. The molecule has 0 amide bonds. The fourth-order valence-corrected chi connectivity index (χ4v) is 1.83. The summed E-state index contributed by atoms with van der Waals surface area (Å²) in [5.41, 5.74) is 1.04. The standard InChI is InChI=1S/C14H13ClFNO/c1-17-9-10-6-7-13(11(15)8-10)18-14-5-3-2-4-12(14)16/h2-8,17H,9H2,1H3. The summed E-state index contributed by atoms with van der Waals surface area (Å²) in [4.78, 5) is 0. The van der Waals surface area contributed by atoms with E-state index in [4.69, 9.17) is 16.3 Å². The van der Waals surface area contributed by atoms with Crippen LogP contribution in [-0.2, 0) is 6.54 Å². The lowest BCUT2D eigenvalue weighted by Gasteiger charge is -2.09. The minimum atomic E-state index is -0.409. The van der Waals surface area contributed by atoms with Gasteiger partial charge < -0.3 is 10.1 Å². The van der Waals surface area contributed by atoms with Crippen molar-refractivity contribution in [2.45, 2.75) is 6.54 Å². The van der Waals surface area contributed by atoms with Gasteiger partial charge >= 0.3 is 0 Å². The fourth-order valence-electron chi connectivity index (χ4n) is 1.59. The number of rotatable bonds is 4. The van der Waals surface area contributed by atoms with E-state index in [-0.39, 0.29) is 5.75 Å². The molecule has 4 heteroatoms. The maximum absolute atomic E-state index is 13.4. The molecule has 0 heterocycles. The van der Waals surface area contributed by atoms with Gasteiger partial charge in [0.25, 0.3) is 0 Å². The van der Waals surface area contributed by atoms with Crippen LogP contribution in [0.4, 0.5) is 4.39 Å². The van der Waals surface area contributed by atoms with Crippen molar-refractivity contribution in [3.8, 4) is 11.5 Å². The van der Waals surface area contributed by atoms with Crippen LogP contribution in [0, 0.1) is 5.82 Å². The minimum Gasteiger partial charge on any atom is -0.453 e. The number of ether oxygens (including phenoxy) is 1. The molecule has 0 aromatic heterocycles. The highest BCUT2D eigenvalue weighted by molar-refractivity contribution is 6.32. The van der Waals surface area contributed by atoms with E-state index in [2.05, 4.69) is 5.32 Å². The van der Waals surface area contributed by atoms with Crippen LogP contribution in [0.25, 0.3) is 0 Å². The highest BCUT2D eigenvalue weighted by Gasteiger charge is 2.07. The van der Waals surface area contributed by atoms with Gasteiger partial charge in [-0.05, 0) is 36.9 Å². The van der Waals surface area contributed by atoms with Gasteiger partial charge in [-0.2, -0.15) is 0 Å². The number of hydrogen-bond donors (Lipinski definition) is 1. The van der Waals surface area contributed by atoms with Gasteiger partial charge in [-0.1, -0.05) is 29.8 Å². The molecule has 2 aromatic rings. The minimum absolute atomic E-state index is 0.167. The molecule has 0 atom stereocenters. The molecular formula is C14H13ClFNO.